The fraction of sp³-hybridized carbons (Fsp3) is 0.733. The van der Waals surface area contributed by atoms with Crippen molar-refractivity contribution in [1.29, 1.82) is 0 Å². The zero-order valence-electron chi connectivity index (χ0n) is 53.3. The third-order valence-electron chi connectivity index (χ3n) is 16.7. The molecule has 0 atom stereocenters. The van der Waals surface area contributed by atoms with Crippen LogP contribution in [0.2, 0.25) is 10.8 Å². The molecule has 0 bridgehead atoms. The summed E-state index contributed by atoms with van der Waals surface area (Å²) in [5.74, 6) is 0. The number of aryl methyl sites for hydroxylation is 4. The standard InChI is InChI=1S/C69H118N2.2C3H5.Ni/c1-9-17-25-27-29-30-31-32-33-34-35-36-37-38-39-40-41-43-45-53-67-66(52-44-42-28-26-18-10-2)68(62-54-58(46-19-11-3)64(50-23-15-7)59(55-62)47-20-12-4)71(70)69(67)63-56-60(48-21-13-5)65(51-24-16-8)61(57-63)49-22-14-6;2*1-3-2;/h54-57H,9-53H2,1-8H3;2*3H,1-2H2;. The van der Waals surface area contributed by atoms with Gasteiger partial charge < -0.3 is 5.53 Å². The number of rotatable bonds is 51. The van der Waals surface area contributed by atoms with Crippen molar-refractivity contribution in [3.8, 4) is 0 Å². The van der Waals surface area contributed by atoms with Crippen molar-refractivity contribution < 1.29 is 19.1 Å². The van der Waals surface area contributed by atoms with Crippen LogP contribution in [0.4, 0.5) is 0 Å². The van der Waals surface area contributed by atoms with Crippen molar-refractivity contribution in [2.45, 2.75) is 355 Å². The van der Waals surface area contributed by atoms with Gasteiger partial charge in [-0.05, 0) is 160 Å². The second-order valence-corrected chi connectivity index (χ2v) is 25.1. The van der Waals surface area contributed by atoms with Crippen LogP contribution in [0.1, 0.15) is 350 Å². The number of hydrogen-bond acceptors (Lipinski definition) is 0. The van der Waals surface area contributed by atoms with Gasteiger partial charge in [-0.1, -0.05) is 242 Å². The molecule has 0 spiro atoms. The third kappa shape index (κ3) is 29.5. The van der Waals surface area contributed by atoms with E-state index < -0.39 is 0 Å². The Kier molecular flexibility index (Phi) is 45.1. The molecule has 78 heavy (non-hydrogen) atoms. The monoisotopic (exact) mass is 1110 g/mol. The number of nitrogens with zero attached hydrogens (tertiary/aromatic N) is 2. The number of benzene rings is 2. The Morgan fingerprint density at radius 2 is 0.551 bits per heavy atom. The molecule has 2 nitrogen and oxygen atoms in total. The second kappa shape index (κ2) is 49.1. The van der Waals surface area contributed by atoms with Crippen LogP contribution >= 0.6 is 0 Å². The molecule has 0 unspecified atom stereocenters. The Morgan fingerprint density at radius 1 is 0.321 bits per heavy atom. The van der Waals surface area contributed by atoms with Crippen LogP contribution in [-0.2, 0) is 53.0 Å². The molecule has 0 amide bonds. The number of allylic oxidation sites excluding steroid dienone is 4. The maximum atomic E-state index is 13.2. The van der Waals surface area contributed by atoms with Gasteiger partial charge in [-0.15, -0.1) is 0 Å². The van der Waals surface area contributed by atoms with Crippen molar-refractivity contribution in [2.75, 3.05) is 0 Å². The summed E-state index contributed by atoms with van der Waals surface area (Å²) in [7, 11) is 0. The van der Waals surface area contributed by atoms with Crippen LogP contribution < -0.4 is 0 Å². The fourth-order valence-corrected chi connectivity index (χ4v) is 12.6. The summed E-state index contributed by atoms with van der Waals surface area (Å²) in [6.45, 7) is 25.9. The van der Waals surface area contributed by atoms with Gasteiger partial charge in [-0.2, -0.15) is 0 Å². The van der Waals surface area contributed by atoms with Gasteiger partial charge in [0.1, 0.15) is 0 Å². The van der Waals surface area contributed by atoms with Crippen LogP contribution in [0, 0.1) is 0 Å². The van der Waals surface area contributed by atoms with Gasteiger partial charge in [0, 0.05) is 22.3 Å². The molecule has 1 aliphatic heterocycles. The Labute approximate surface area is 493 Å². The van der Waals surface area contributed by atoms with E-state index in [0.29, 0.717) is 0 Å². The molecule has 0 saturated heterocycles. The zero-order valence-corrected chi connectivity index (χ0v) is 54.3. The summed E-state index contributed by atoms with van der Waals surface area (Å²) in [5.41, 5.74) is 30.5. The summed E-state index contributed by atoms with van der Waals surface area (Å²) < 4.78 is 1.78. The predicted molar refractivity (Wildman–Crippen MR) is 348 cm³/mol. The normalized spacial score (nSPS) is 12.6. The molecule has 2 aromatic rings. The summed E-state index contributed by atoms with van der Waals surface area (Å²) in [4.78, 5) is 0. The minimum absolute atomic E-state index is 1.05. The first-order valence-electron chi connectivity index (χ1n) is 34.3. The predicted octanol–water partition coefficient (Wildman–Crippen LogP) is 25.8. The van der Waals surface area contributed by atoms with Crippen molar-refractivity contribution in [3.63, 3.8) is 0 Å². The Morgan fingerprint density at radius 3 is 0.795 bits per heavy atom. The van der Waals surface area contributed by atoms with Crippen LogP contribution in [0.5, 0.6) is 0 Å². The third-order valence-corrected chi connectivity index (χ3v) is 17.9. The van der Waals surface area contributed by atoms with E-state index in [9.17, 15) is 5.53 Å². The van der Waals surface area contributed by atoms with E-state index in [-0.39, 0.29) is 0 Å². The number of hydrogen-bond donors (Lipinski definition) is 0. The zero-order chi connectivity index (χ0) is 56.7. The molecule has 0 saturated carbocycles. The summed E-state index contributed by atoms with van der Waals surface area (Å²) in [6, 6.07) is 10.3. The van der Waals surface area contributed by atoms with E-state index in [4.69, 9.17) is 0 Å². The van der Waals surface area contributed by atoms with E-state index in [1.165, 1.54) is 273 Å². The first-order valence-corrected chi connectivity index (χ1v) is 35.7. The molecule has 1 aliphatic rings. The van der Waals surface area contributed by atoms with Crippen molar-refractivity contribution in [1.82, 2.24) is 0 Å². The molecular weight excluding hydrogens is 988 g/mol. The van der Waals surface area contributed by atoms with Crippen LogP contribution in [0.25, 0.3) is 16.9 Å². The minimum atomic E-state index is 1.05. The number of unbranched alkanes of at least 4 members (excludes halogenated alkanes) is 29. The Balaban J connectivity index is 0.00000277. The van der Waals surface area contributed by atoms with Crippen molar-refractivity contribution >= 4 is 11.4 Å². The van der Waals surface area contributed by atoms with E-state index in [2.05, 4.69) is 92.8 Å². The fourth-order valence-electron chi connectivity index (χ4n) is 12.0. The molecule has 1 heterocycles. The van der Waals surface area contributed by atoms with E-state index in [1.54, 1.807) is 52.5 Å². The van der Waals surface area contributed by atoms with Crippen LogP contribution in [-0.4, -0.2) is 4.70 Å². The molecule has 0 aliphatic carbocycles. The van der Waals surface area contributed by atoms with Gasteiger partial charge in [0.25, 0.3) is 0 Å². The van der Waals surface area contributed by atoms with Gasteiger partial charge >= 0.3 is 50.5 Å². The smallest absolute Gasteiger partial charge is 0.211 e. The summed E-state index contributed by atoms with van der Waals surface area (Å²) >= 11 is 1.66. The van der Waals surface area contributed by atoms with Crippen molar-refractivity contribution in [2.24, 2.45) is 0 Å². The molecular formula is C75H128N2Ni. The molecule has 0 aromatic heterocycles. The van der Waals surface area contributed by atoms with E-state index in [0.717, 1.165) is 60.7 Å². The maximum Gasteiger partial charge on any atom is 0.211 e. The minimum Gasteiger partial charge on any atom is -0.493 e. The largest absolute Gasteiger partial charge is 0.493 e. The molecule has 3 heteroatoms. The topological polar surface area (TPSA) is 25.3 Å². The maximum absolute atomic E-state index is 13.2. The molecule has 0 N–H and O–H groups in total. The molecule has 448 valence electrons. The SMILES string of the molecule is C=C[CH2][Ni][CH2]C=C.CCCCCCCCCCCCCCCCCCCCCC1=C(c2cc(CCCC)c(CCCC)c(CCCC)c2)[N+](=[N-])C(c2cc(CCCC)c(CCCC)c(CCCC)c2)=C1CCCCCCCC. The second-order valence-electron chi connectivity index (χ2n) is 23.8. The van der Waals surface area contributed by atoms with Gasteiger partial charge in [0.15, 0.2) is 0 Å². The average molecular weight is 1120 g/mol. The molecule has 0 radical (unpaired) electrons. The summed E-state index contributed by atoms with van der Waals surface area (Å²) in [5, 5.41) is 2.11. The van der Waals surface area contributed by atoms with Crippen molar-refractivity contribution in [3.05, 3.63) is 111 Å². The molecule has 0 fully saturated rings. The first kappa shape index (κ1) is 71.6. The molecule has 3 rings (SSSR count). The van der Waals surface area contributed by atoms with Crippen LogP contribution in [0.15, 0.2) is 60.7 Å². The quantitative estimate of drug-likeness (QED) is 0.0273. The van der Waals surface area contributed by atoms with Crippen LogP contribution in [0.3, 0.4) is 0 Å². The average Bonchev–Trinajstić information content (AvgIpc) is 3.73. The molecule has 2 aromatic carbocycles. The first-order chi connectivity index (χ1) is 38.3. The van der Waals surface area contributed by atoms with Gasteiger partial charge in [-0.25, -0.2) is 4.70 Å². The van der Waals surface area contributed by atoms with E-state index in [1.807, 2.05) is 12.2 Å². The Bertz CT molecular complexity index is 1840. The van der Waals surface area contributed by atoms with E-state index >= 15 is 0 Å². The van der Waals surface area contributed by atoms with Gasteiger partial charge in [-0.3, -0.25) is 0 Å². The van der Waals surface area contributed by atoms with Gasteiger partial charge in [0.2, 0.25) is 11.4 Å². The van der Waals surface area contributed by atoms with Gasteiger partial charge in [0.05, 0.1) is 0 Å². The Hall–Kier alpha value is -2.51. The summed E-state index contributed by atoms with van der Waals surface area (Å²) in [6.07, 6.45) is 62.0.